The van der Waals surface area contributed by atoms with Gasteiger partial charge in [0.15, 0.2) is 0 Å². The molecule has 2 aliphatic heterocycles. The SMILES string of the molecule is CCNCC1(CN2CCCCC2CC)CCOCC1. The standard InChI is InChI=1S/C16H32N2O/c1-3-15-7-5-6-10-18(15)14-16(13-17-4-2)8-11-19-12-9-16/h15,17H,3-14H2,1-2H3. The Labute approximate surface area is 119 Å². The summed E-state index contributed by atoms with van der Waals surface area (Å²) in [6.45, 7) is 11.3. The van der Waals surface area contributed by atoms with Crippen LogP contribution in [0.25, 0.3) is 0 Å². The lowest BCUT2D eigenvalue weighted by Crippen LogP contribution is -2.51. The molecule has 0 aliphatic carbocycles. The summed E-state index contributed by atoms with van der Waals surface area (Å²) < 4.78 is 5.60. The van der Waals surface area contributed by atoms with Crippen molar-refractivity contribution >= 4 is 0 Å². The monoisotopic (exact) mass is 268 g/mol. The number of hydrogen-bond donors (Lipinski definition) is 1. The van der Waals surface area contributed by atoms with Gasteiger partial charge in [0.25, 0.3) is 0 Å². The zero-order valence-electron chi connectivity index (χ0n) is 12.9. The molecular weight excluding hydrogens is 236 g/mol. The molecule has 0 radical (unpaired) electrons. The van der Waals surface area contributed by atoms with E-state index in [1.165, 1.54) is 58.2 Å². The summed E-state index contributed by atoms with van der Waals surface area (Å²) in [6, 6.07) is 0.829. The van der Waals surface area contributed by atoms with Gasteiger partial charge in [-0.1, -0.05) is 20.3 Å². The van der Waals surface area contributed by atoms with Crippen LogP contribution in [0.5, 0.6) is 0 Å². The average Bonchev–Trinajstić information content (AvgIpc) is 2.47. The molecule has 0 aromatic rings. The molecule has 0 bridgehead atoms. The lowest BCUT2D eigenvalue weighted by atomic mass is 9.78. The van der Waals surface area contributed by atoms with Crippen LogP contribution >= 0.6 is 0 Å². The molecule has 2 aliphatic rings. The van der Waals surface area contributed by atoms with Crippen LogP contribution < -0.4 is 5.32 Å². The van der Waals surface area contributed by atoms with Gasteiger partial charge in [0.1, 0.15) is 0 Å². The van der Waals surface area contributed by atoms with Crippen molar-refractivity contribution in [2.24, 2.45) is 5.41 Å². The first-order chi connectivity index (χ1) is 9.29. The maximum atomic E-state index is 5.60. The van der Waals surface area contributed by atoms with Gasteiger partial charge in [-0.05, 0) is 50.6 Å². The van der Waals surface area contributed by atoms with E-state index in [0.29, 0.717) is 5.41 Å². The number of nitrogens with zero attached hydrogens (tertiary/aromatic N) is 1. The van der Waals surface area contributed by atoms with Crippen LogP contribution in [-0.4, -0.2) is 50.3 Å². The summed E-state index contributed by atoms with van der Waals surface area (Å²) in [4.78, 5) is 2.78. The quantitative estimate of drug-likeness (QED) is 0.801. The minimum Gasteiger partial charge on any atom is -0.381 e. The van der Waals surface area contributed by atoms with E-state index in [2.05, 4.69) is 24.1 Å². The molecule has 3 nitrogen and oxygen atoms in total. The first-order valence-electron chi connectivity index (χ1n) is 8.32. The van der Waals surface area contributed by atoms with E-state index in [4.69, 9.17) is 4.74 Å². The third-order valence-electron chi connectivity index (χ3n) is 5.06. The molecule has 0 spiro atoms. The Hall–Kier alpha value is -0.120. The Balaban J connectivity index is 1.97. The molecule has 0 saturated carbocycles. The van der Waals surface area contributed by atoms with Crippen molar-refractivity contribution in [3.05, 3.63) is 0 Å². The first kappa shape index (κ1) is 15.3. The van der Waals surface area contributed by atoms with Crippen LogP contribution in [-0.2, 0) is 4.74 Å². The minimum atomic E-state index is 0.457. The van der Waals surface area contributed by atoms with Gasteiger partial charge in [-0.2, -0.15) is 0 Å². The predicted molar refractivity (Wildman–Crippen MR) is 80.5 cm³/mol. The smallest absolute Gasteiger partial charge is 0.0472 e. The van der Waals surface area contributed by atoms with Crippen molar-refractivity contribution in [2.45, 2.75) is 58.4 Å². The summed E-state index contributed by atoms with van der Waals surface area (Å²) in [5.74, 6) is 0. The Morgan fingerprint density at radius 2 is 2.00 bits per heavy atom. The second-order valence-corrected chi connectivity index (χ2v) is 6.42. The molecule has 19 heavy (non-hydrogen) atoms. The zero-order valence-corrected chi connectivity index (χ0v) is 12.9. The highest BCUT2D eigenvalue weighted by molar-refractivity contribution is 4.90. The molecule has 0 aromatic carbocycles. The summed E-state index contributed by atoms with van der Waals surface area (Å²) in [6.07, 6.45) is 8.00. The number of likely N-dealkylation sites (tertiary alicyclic amines) is 1. The largest absolute Gasteiger partial charge is 0.381 e. The summed E-state index contributed by atoms with van der Waals surface area (Å²) >= 11 is 0. The third-order valence-corrected chi connectivity index (χ3v) is 5.06. The molecule has 2 rings (SSSR count). The van der Waals surface area contributed by atoms with Crippen LogP contribution in [0, 0.1) is 5.41 Å². The highest BCUT2D eigenvalue weighted by Gasteiger charge is 2.36. The number of ether oxygens (including phenoxy) is 1. The molecule has 112 valence electrons. The van der Waals surface area contributed by atoms with Gasteiger partial charge >= 0.3 is 0 Å². The summed E-state index contributed by atoms with van der Waals surface area (Å²) in [7, 11) is 0. The first-order valence-corrected chi connectivity index (χ1v) is 8.32. The summed E-state index contributed by atoms with van der Waals surface area (Å²) in [5.41, 5.74) is 0.457. The van der Waals surface area contributed by atoms with Gasteiger partial charge in [0.05, 0.1) is 0 Å². The van der Waals surface area contributed by atoms with Gasteiger partial charge in [0.2, 0.25) is 0 Å². The number of piperidine rings is 1. The minimum absolute atomic E-state index is 0.457. The van der Waals surface area contributed by atoms with E-state index >= 15 is 0 Å². The lowest BCUT2D eigenvalue weighted by Gasteiger charge is -2.45. The van der Waals surface area contributed by atoms with Crippen molar-refractivity contribution < 1.29 is 4.74 Å². The molecule has 2 heterocycles. The van der Waals surface area contributed by atoms with E-state index in [1.807, 2.05) is 0 Å². The van der Waals surface area contributed by atoms with Gasteiger partial charge < -0.3 is 10.1 Å². The molecular formula is C16H32N2O. The van der Waals surface area contributed by atoms with E-state index in [1.54, 1.807) is 0 Å². The second kappa shape index (κ2) is 7.61. The van der Waals surface area contributed by atoms with Gasteiger partial charge in [-0.25, -0.2) is 0 Å². The van der Waals surface area contributed by atoms with Crippen molar-refractivity contribution in [3.8, 4) is 0 Å². The van der Waals surface area contributed by atoms with Crippen molar-refractivity contribution in [1.82, 2.24) is 10.2 Å². The summed E-state index contributed by atoms with van der Waals surface area (Å²) in [5, 5.41) is 3.60. The zero-order chi connectivity index (χ0) is 13.6. The van der Waals surface area contributed by atoms with Crippen LogP contribution in [0.3, 0.4) is 0 Å². The normalized spacial score (nSPS) is 28.4. The average molecular weight is 268 g/mol. The van der Waals surface area contributed by atoms with Crippen LogP contribution in [0.1, 0.15) is 52.4 Å². The van der Waals surface area contributed by atoms with Crippen LogP contribution in [0.2, 0.25) is 0 Å². The molecule has 2 fully saturated rings. The number of hydrogen-bond acceptors (Lipinski definition) is 3. The Bertz CT molecular complexity index is 251. The number of rotatable bonds is 6. The van der Waals surface area contributed by atoms with Gasteiger partial charge in [0, 0.05) is 32.3 Å². The number of nitrogens with one attached hydrogen (secondary N) is 1. The molecule has 0 aromatic heterocycles. The van der Waals surface area contributed by atoms with E-state index in [-0.39, 0.29) is 0 Å². The predicted octanol–water partition coefficient (Wildman–Crippen LogP) is 2.66. The Kier molecular flexibility index (Phi) is 6.11. The van der Waals surface area contributed by atoms with E-state index in [0.717, 1.165) is 25.8 Å². The van der Waals surface area contributed by atoms with E-state index in [9.17, 15) is 0 Å². The molecule has 1 unspecified atom stereocenters. The Morgan fingerprint density at radius 3 is 2.68 bits per heavy atom. The molecule has 0 amide bonds. The fourth-order valence-electron chi connectivity index (χ4n) is 3.75. The maximum Gasteiger partial charge on any atom is 0.0472 e. The third kappa shape index (κ3) is 4.17. The van der Waals surface area contributed by atoms with Crippen LogP contribution in [0.4, 0.5) is 0 Å². The topological polar surface area (TPSA) is 24.5 Å². The van der Waals surface area contributed by atoms with Crippen molar-refractivity contribution in [2.75, 3.05) is 39.4 Å². The molecule has 2 saturated heterocycles. The van der Waals surface area contributed by atoms with Crippen molar-refractivity contribution in [3.63, 3.8) is 0 Å². The molecule has 1 N–H and O–H groups in total. The van der Waals surface area contributed by atoms with Gasteiger partial charge in [-0.3, -0.25) is 4.90 Å². The molecule has 1 atom stereocenters. The fraction of sp³-hybridized carbons (Fsp3) is 1.00. The van der Waals surface area contributed by atoms with E-state index < -0.39 is 0 Å². The van der Waals surface area contributed by atoms with Gasteiger partial charge in [-0.15, -0.1) is 0 Å². The Morgan fingerprint density at radius 1 is 1.21 bits per heavy atom. The highest BCUT2D eigenvalue weighted by Crippen LogP contribution is 2.33. The second-order valence-electron chi connectivity index (χ2n) is 6.42. The lowest BCUT2D eigenvalue weighted by molar-refractivity contribution is -0.0175. The fourth-order valence-corrected chi connectivity index (χ4v) is 3.75. The molecule has 3 heteroatoms. The van der Waals surface area contributed by atoms with Crippen LogP contribution in [0.15, 0.2) is 0 Å². The maximum absolute atomic E-state index is 5.60. The highest BCUT2D eigenvalue weighted by atomic mass is 16.5. The van der Waals surface area contributed by atoms with Crippen molar-refractivity contribution in [1.29, 1.82) is 0 Å².